The second-order valence-electron chi connectivity index (χ2n) is 4.88. The average molecular weight is 257 g/mol. The molecule has 0 bridgehead atoms. The quantitative estimate of drug-likeness (QED) is 0.860. The summed E-state index contributed by atoms with van der Waals surface area (Å²) in [7, 11) is 0. The lowest BCUT2D eigenvalue weighted by molar-refractivity contribution is 0.505. The molecule has 3 rings (SSSR count). The van der Waals surface area contributed by atoms with Crippen molar-refractivity contribution in [2.24, 2.45) is 0 Å². The highest BCUT2D eigenvalue weighted by molar-refractivity contribution is 5.44. The number of anilines is 1. The summed E-state index contributed by atoms with van der Waals surface area (Å²) < 4.78 is 0. The molecule has 1 aliphatic heterocycles. The molecule has 0 aromatic carbocycles. The van der Waals surface area contributed by atoms with Gasteiger partial charge in [-0.05, 0) is 13.8 Å². The lowest BCUT2D eigenvalue weighted by atomic mass is 9.96. The third-order valence-corrected chi connectivity index (χ3v) is 3.29. The molecule has 0 amide bonds. The first-order valence-electron chi connectivity index (χ1n) is 6.23. The Morgan fingerprint density at radius 2 is 2.05 bits per heavy atom. The highest BCUT2D eigenvalue weighted by atomic mass is 16.1. The van der Waals surface area contributed by atoms with Crippen LogP contribution >= 0.6 is 0 Å². The normalized spacial score (nSPS) is 15.4. The Morgan fingerprint density at radius 3 is 2.74 bits per heavy atom. The summed E-state index contributed by atoms with van der Waals surface area (Å²) in [5.41, 5.74) is 1.74. The largest absolute Gasteiger partial charge is 0.355 e. The van der Waals surface area contributed by atoms with Crippen LogP contribution in [0.15, 0.2) is 23.3 Å². The van der Waals surface area contributed by atoms with Crippen LogP contribution in [0.3, 0.4) is 0 Å². The SMILES string of the molecule is Cc1cc(N2CC(c3cc(=O)[nH]c(C)n3)C2)ncn1. The summed E-state index contributed by atoms with van der Waals surface area (Å²) in [5, 5.41) is 0. The van der Waals surface area contributed by atoms with Gasteiger partial charge in [-0.15, -0.1) is 0 Å². The van der Waals surface area contributed by atoms with E-state index in [1.165, 1.54) is 0 Å². The topological polar surface area (TPSA) is 74.8 Å². The predicted octanol–water partition coefficient (Wildman–Crippen LogP) is 0.781. The zero-order chi connectivity index (χ0) is 13.4. The standard InChI is InChI=1S/C13H15N5O/c1-8-3-12(15-7-14-8)18-5-10(6-18)11-4-13(19)17-9(2)16-11/h3-4,7,10H,5-6H2,1-2H3,(H,16,17,19). The van der Waals surface area contributed by atoms with E-state index in [1.807, 2.05) is 13.0 Å². The number of hydrogen-bond donors (Lipinski definition) is 1. The van der Waals surface area contributed by atoms with Gasteiger partial charge in [-0.1, -0.05) is 0 Å². The smallest absolute Gasteiger partial charge is 0.251 e. The molecule has 0 spiro atoms. The van der Waals surface area contributed by atoms with Gasteiger partial charge >= 0.3 is 0 Å². The molecular weight excluding hydrogens is 242 g/mol. The summed E-state index contributed by atoms with van der Waals surface area (Å²) >= 11 is 0. The fraction of sp³-hybridized carbons (Fsp3) is 0.385. The van der Waals surface area contributed by atoms with Crippen LogP contribution in [0.1, 0.15) is 23.1 Å². The van der Waals surface area contributed by atoms with Gasteiger partial charge in [-0.3, -0.25) is 4.79 Å². The van der Waals surface area contributed by atoms with Gasteiger partial charge in [0.25, 0.3) is 5.56 Å². The van der Waals surface area contributed by atoms with E-state index in [4.69, 9.17) is 0 Å². The molecule has 0 saturated carbocycles. The Balaban J connectivity index is 1.74. The Kier molecular flexibility index (Phi) is 2.77. The van der Waals surface area contributed by atoms with E-state index in [1.54, 1.807) is 19.3 Å². The van der Waals surface area contributed by atoms with Gasteiger partial charge in [0.05, 0.1) is 5.69 Å². The molecular formula is C13H15N5O. The molecule has 1 fully saturated rings. The van der Waals surface area contributed by atoms with Gasteiger partial charge in [-0.25, -0.2) is 15.0 Å². The minimum Gasteiger partial charge on any atom is -0.355 e. The summed E-state index contributed by atoms with van der Waals surface area (Å²) in [4.78, 5) is 29.0. The van der Waals surface area contributed by atoms with E-state index in [9.17, 15) is 4.79 Å². The number of rotatable bonds is 2. The van der Waals surface area contributed by atoms with Crippen molar-refractivity contribution >= 4 is 5.82 Å². The van der Waals surface area contributed by atoms with Crippen LogP contribution in [-0.4, -0.2) is 33.0 Å². The summed E-state index contributed by atoms with van der Waals surface area (Å²) in [5.74, 6) is 1.90. The third-order valence-electron chi connectivity index (χ3n) is 3.29. The van der Waals surface area contributed by atoms with Crippen LogP contribution in [0.2, 0.25) is 0 Å². The lowest BCUT2D eigenvalue weighted by Crippen LogP contribution is -2.46. The molecule has 0 aliphatic carbocycles. The summed E-state index contributed by atoms with van der Waals surface area (Å²) in [6, 6.07) is 3.55. The minimum atomic E-state index is -0.0844. The molecule has 0 atom stereocenters. The number of nitrogens with one attached hydrogen (secondary N) is 1. The lowest BCUT2D eigenvalue weighted by Gasteiger charge is -2.39. The van der Waals surface area contributed by atoms with Crippen LogP contribution in [0, 0.1) is 13.8 Å². The molecule has 2 aromatic rings. The molecule has 0 unspecified atom stereocenters. The summed E-state index contributed by atoms with van der Waals surface area (Å²) in [6.45, 7) is 5.43. The van der Waals surface area contributed by atoms with E-state index in [2.05, 4.69) is 24.8 Å². The highest BCUT2D eigenvalue weighted by Crippen LogP contribution is 2.28. The first-order valence-corrected chi connectivity index (χ1v) is 6.23. The number of aryl methyl sites for hydroxylation is 2. The zero-order valence-electron chi connectivity index (χ0n) is 10.9. The van der Waals surface area contributed by atoms with Gasteiger partial charge < -0.3 is 9.88 Å². The first kappa shape index (κ1) is 11.8. The molecule has 1 aliphatic rings. The van der Waals surface area contributed by atoms with Crippen LogP contribution in [0.25, 0.3) is 0 Å². The van der Waals surface area contributed by atoms with E-state index in [0.717, 1.165) is 30.3 Å². The molecule has 6 heteroatoms. The van der Waals surface area contributed by atoms with Gasteiger partial charge in [0.1, 0.15) is 18.0 Å². The number of hydrogen-bond acceptors (Lipinski definition) is 5. The second kappa shape index (κ2) is 4.46. The van der Waals surface area contributed by atoms with Crippen LogP contribution in [0.4, 0.5) is 5.82 Å². The van der Waals surface area contributed by atoms with Gasteiger partial charge in [0, 0.05) is 36.8 Å². The van der Waals surface area contributed by atoms with Crippen molar-refractivity contribution in [2.75, 3.05) is 18.0 Å². The molecule has 0 radical (unpaired) electrons. The molecule has 3 heterocycles. The molecule has 1 N–H and O–H groups in total. The number of nitrogens with zero attached hydrogens (tertiary/aromatic N) is 4. The zero-order valence-corrected chi connectivity index (χ0v) is 10.9. The predicted molar refractivity (Wildman–Crippen MR) is 71.3 cm³/mol. The molecule has 19 heavy (non-hydrogen) atoms. The van der Waals surface area contributed by atoms with Crippen molar-refractivity contribution in [3.63, 3.8) is 0 Å². The number of H-pyrrole nitrogens is 1. The van der Waals surface area contributed by atoms with Crippen molar-refractivity contribution in [2.45, 2.75) is 19.8 Å². The second-order valence-corrected chi connectivity index (χ2v) is 4.88. The summed E-state index contributed by atoms with van der Waals surface area (Å²) in [6.07, 6.45) is 1.58. The molecule has 98 valence electrons. The highest BCUT2D eigenvalue weighted by Gasteiger charge is 2.30. The number of aromatic nitrogens is 4. The maximum atomic E-state index is 11.4. The van der Waals surface area contributed by atoms with Crippen molar-refractivity contribution < 1.29 is 0 Å². The Labute approximate surface area is 110 Å². The third kappa shape index (κ3) is 2.33. The van der Waals surface area contributed by atoms with Crippen molar-refractivity contribution in [3.05, 3.63) is 46.0 Å². The first-order chi connectivity index (χ1) is 9.11. The van der Waals surface area contributed by atoms with E-state index >= 15 is 0 Å². The van der Waals surface area contributed by atoms with Crippen LogP contribution in [-0.2, 0) is 0 Å². The van der Waals surface area contributed by atoms with E-state index in [0.29, 0.717) is 11.7 Å². The van der Waals surface area contributed by atoms with Gasteiger partial charge in [-0.2, -0.15) is 0 Å². The van der Waals surface area contributed by atoms with Gasteiger partial charge in [0.15, 0.2) is 0 Å². The Morgan fingerprint density at radius 1 is 1.26 bits per heavy atom. The van der Waals surface area contributed by atoms with Crippen LogP contribution in [0.5, 0.6) is 0 Å². The fourth-order valence-corrected chi connectivity index (χ4v) is 2.28. The van der Waals surface area contributed by atoms with Gasteiger partial charge in [0.2, 0.25) is 0 Å². The number of aromatic amines is 1. The monoisotopic (exact) mass is 257 g/mol. The average Bonchev–Trinajstić information content (AvgIpc) is 2.25. The Bertz CT molecular complexity index is 660. The fourth-order valence-electron chi connectivity index (χ4n) is 2.28. The van der Waals surface area contributed by atoms with E-state index in [-0.39, 0.29) is 5.56 Å². The van der Waals surface area contributed by atoms with Crippen molar-refractivity contribution in [3.8, 4) is 0 Å². The molecule has 6 nitrogen and oxygen atoms in total. The molecule has 2 aromatic heterocycles. The maximum Gasteiger partial charge on any atom is 0.251 e. The Hall–Kier alpha value is -2.24. The molecule has 1 saturated heterocycles. The van der Waals surface area contributed by atoms with Crippen molar-refractivity contribution in [1.82, 2.24) is 19.9 Å². The van der Waals surface area contributed by atoms with E-state index < -0.39 is 0 Å². The minimum absolute atomic E-state index is 0.0844. The van der Waals surface area contributed by atoms with Crippen molar-refractivity contribution in [1.29, 1.82) is 0 Å². The maximum absolute atomic E-state index is 11.4. The van der Waals surface area contributed by atoms with Crippen LogP contribution < -0.4 is 10.5 Å².